The molecule has 0 unspecified atom stereocenters. The van der Waals surface area contributed by atoms with E-state index >= 15 is 0 Å². The van der Waals surface area contributed by atoms with Crippen molar-refractivity contribution in [2.24, 2.45) is 0 Å². The molecule has 0 aromatic carbocycles. The summed E-state index contributed by atoms with van der Waals surface area (Å²) in [5, 5.41) is 0. The molecule has 0 aliphatic carbocycles. The Labute approximate surface area is 68.1 Å². The third kappa shape index (κ3) is 1.66. The first-order valence-corrected chi connectivity index (χ1v) is 3.72. The highest BCUT2D eigenvalue weighted by atomic mass is 79.9. The van der Waals surface area contributed by atoms with Crippen LogP contribution in [0.4, 0.5) is 0 Å². The highest BCUT2D eigenvalue weighted by Gasteiger charge is 1.95. The summed E-state index contributed by atoms with van der Waals surface area (Å²) in [5.74, 6) is 0. The smallest absolute Gasteiger partial charge is 0.350 e. The van der Waals surface area contributed by atoms with Gasteiger partial charge in [0.2, 0.25) is 0 Å². The molecule has 2 nitrogen and oxygen atoms in total. The minimum Gasteiger partial charge on any atom is -0.429 e. The first kappa shape index (κ1) is 7.02. The Hall–Kier alpha value is -0.0900. The SMILES string of the molecule is O=c1occ(Br)cc1Br. The molecule has 1 aromatic rings. The first-order valence-electron chi connectivity index (χ1n) is 2.14. The summed E-state index contributed by atoms with van der Waals surface area (Å²) >= 11 is 6.14. The van der Waals surface area contributed by atoms with Crippen LogP contribution in [0.2, 0.25) is 0 Å². The van der Waals surface area contributed by atoms with Gasteiger partial charge < -0.3 is 4.42 Å². The van der Waals surface area contributed by atoms with E-state index in [1.54, 1.807) is 6.07 Å². The highest BCUT2D eigenvalue weighted by molar-refractivity contribution is 9.11. The standard InChI is InChI=1S/C5H2Br2O2/c6-3-1-4(7)5(8)9-2-3/h1-2H. The van der Waals surface area contributed by atoms with Gasteiger partial charge in [-0.1, -0.05) is 0 Å². The van der Waals surface area contributed by atoms with Gasteiger partial charge in [-0.05, 0) is 37.9 Å². The van der Waals surface area contributed by atoms with Crippen LogP contribution in [0.1, 0.15) is 0 Å². The average Bonchev–Trinajstić information content (AvgIpc) is 1.80. The summed E-state index contributed by atoms with van der Waals surface area (Å²) in [6, 6.07) is 1.63. The minimum absolute atomic E-state index is 0.363. The van der Waals surface area contributed by atoms with E-state index in [0.717, 1.165) is 4.47 Å². The highest BCUT2D eigenvalue weighted by Crippen LogP contribution is 2.11. The molecule has 4 heteroatoms. The summed E-state index contributed by atoms with van der Waals surface area (Å²) in [4.78, 5) is 10.5. The summed E-state index contributed by atoms with van der Waals surface area (Å²) in [6.07, 6.45) is 1.34. The van der Waals surface area contributed by atoms with Crippen molar-refractivity contribution in [2.45, 2.75) is 0 Å². The summed E-state index contributed by atoms with van der Waals surface area (Å²) in [6.45, 7) is 0. The van der Waals surface area contributed by atoms with Crippen molar-refractivity contribution in [2.75, 3.05) is 0 Å². The zero-order chi connectivity index (χ0) is 6.85. The van der Waals surface area contributed by atoms with E-state index in [-0.39, 0.29) is 5.63 Å². The second-order valence-electron chi connectivity index (χ2n) is 1.40. The maximum atomic E-state index is 10.5. The molecular formula is C5H2Br2O2. The van der Waals surface area contributed by atoms with Crippen molar-refractivity contribution < 1.29 is 4.42 Å². The van der Waals surface area contributed by atoms with Gasteiger partial charge in [-0.25, -0.2) is 4.79 Å². The fourth-order valence-corrected chi connectivity index (χ4v) is 1.35. The number of halogens is 2. The van der Waals surface area contributed by atoms with E-state index in [1.807, 2.05) is 0 Å². The molecule has 48 valence electrons. The third-order valence-electron chi connectivity index (χ3n) is 0.738. The van der Waals surface area contributed by atoms with Gasteiger partial charge in [0.25, 0.3) is 0 Å². The van der Waals surface area contributed by atoms with Gasteiger partial charge in [0.05, 0.1) is 4.47 Å². The largest absolute Gasteiger partial charge is 0.429 e. The van der Waals surface area contributed by atoms with Crippen LogP contribution in [0.25, 0.3) is 0 Å². The topological polar surface area (TPSA) is 30.2 Å². The summed E-state index contributed by atoms with van der Waals surface area (Å²) in [7, 11) is 0. The molecule has 0 saturated heterocycles. The fraction of sp³-hybridized carbons (Fsp3) is 0. The molecule has 0 radical (unpaired) electrons. The lowest BCUT2D eigenvalue weighted by Crippen LogP contribution is -1.96. The Balaban J connectivity index is 3.34. The van der Waals surface area contributed by atoms with Gasteiger partial charge in [-0.3, -0.25) is 0 Å². The second kappa shape index (κ2) is 2.66. The molecule has 0 spiro atoms. The van der Waals surface area contributed by atoms with Gasteiger partial charge in [-0.2, -0.15) is 0 Å². The van der Waals surface area contributed by atoms with Gasteiger partial charge in [-0.15, -0.1) is 0 Å². The Bertz CT molecular complexity index is 266. The first-order chi connectivity index (χ1) is 4.20. The van der Waals surface area contributed by atoms with Gasteiger partial charge >= 0.3 is 5.63 Å². The van der Waals surface area contributed by atoms with Gasteiger partial charge in [0.1, 0.15) is 10.7 Å². The molecule has 0 saturated carbocycles. The van der Waals surface area contributed by atoms with Crippen molar-refractivity contribution >= 4 is 31.9 Å². The Morgan fingerprint density at radius 2 is 2.11 bits per heavy atom. The average molecular weight is 254 g/mol. The Morgan fingerprint density at radius 3 is 2.56 bits per heavy atom. The normalized spacial score (nSPS) is 9.56. The van der Waals surface area contributed by atoms with Crippen molar-refractivity contribution in [3.63, 3.8) is 0 Å². The maximum Gasteiger partial charge on any atom is 0.350 e. The molecule has 0 fully saturated rings. The van der Waals surface area contributed by atoms with Gasteiger partial charge in [0.15, 0.2) is 0 Å². The van der Waals surface area contributed by atoms with Crippen LogP contribution in [0.3, 0.4) is 0 Å². The second-order valence-corrected chi connectivity index (χ2v) is 3.17. The molecule has 9 heavy (non-hydrogen) atoms. The minimum atomic E-state index is -0.363. The van der Waals surface area contributed by atoms with Crippen LogP contribution < -0.4 is 5.63 Å². The zero-order valence-electron chi connectivity index (χ0n) is 4.23. The predicted octanol–water partition coefficient (Wildman–Crippen LogP) is 2.16. The van der Waals surface area contributed by atoms with E-state index in [1.165, 1.54) is 6.26 Å². The molecule has 0 N–H and O–H groups in total. The van der Waals surface area contributed by atoms with Crippen LogP contribution in [0.15, 0.2) is 30.5 Å². The monoisotopic (exact) mass is 252 g/mol. The van der Waals surface area contributed by atoms with Crippen molar-refractivity contribution in [1.29, 1.82) is 0 Å². The Kier molecular flexibility index (Phi) is 2.08. The van der Waals surface area contributed by atoms with Gasteiger partial charge in [0, 0.05) is 0 Å². The molecule has 0 bridgehead atoms. The van der Waals surface area contributed by atoms with Crippen molar-refractivity contribution in [1.82, 2.24) is 0 Å². The number of hydrogen-bond donors (Lipinski definition) is 0. The Morgan fingerprint density at radius 1 is 1.44 bits per heavy atom. The predicted molar refractivity (Wildman–Crippen MR) is 40.4 cm³/mol. The van der Waals surface area contributed by atoms with E-state index in [9.17, 15) is 4.79 Å². The van der Waals surface area contributed by atoms with Crippen LogP contribution in [-0.2, 0) is 0 Å². The van der Waals surface area contributed by atoms with E-state index in [2.05, 4.69) is 36.3 Å². The molecule has 1 heterocycles. The molecule has 0 aliphatic heterocycles. The summed E-state index contributed by atoms with van der Waals surface area (Å²) in [5.41, 5.74) is -0.363. The van der Waals surface area contributed by atoms with E-state index < -0.39 is 0 Å². The zero-order valence-corrected chi connectivity index (χ0v) is 7.40. The van der Waals surface area contributed by atoms with Crippen LogP contribution in [-0.4, -0.2) is 0 Å². The maximum absolute atomic E-state index is 10.5. The molecule has 1 rings (SSSR count). The fourth-order valence-electron chi connectivity index (χ4n) is 0.380. The molecule has 0 amide bonds. The van der Waals surface area contributed by atoms with Crippen LogP contribution in [0.5, 0.6) is 0 Å². The molecule has 0 atom stereocenters. The number of rotatable bonds is 0. The molecule has 0 aliphatic rings. The van der Waals surface area contributed by atoms with Crippen molar-refractivity contribution in [3.05, 3.63) is 31.7 Å². The van der Waals surface area contributed by atoms with Crippen LogP contribution >= 0.6 is 31.9 Å². The molecule has 1 aromatic heterocycles. The van der Waals surface area contributed by atoms with E-state index in [0.29, 0.717) is 4.47 Å². The number of hydrogen-bond acceptors (Lipinski definition) is 2. The van der Waals surface area contributed by atoms with Crippen molar-refractivity contribution in [3.8, 4) is 0 Å². The van der Waals surface area contributed by atoms with Crippen LogP contribution in [0, 0.1) is 0 Å². The summed E-state index contributed by atoms with van der Waals surface area (Å²) < 4.78 is 5.71. The lowest BCUT2D eigenvalue weighted by molar-refractivity contribution is 0.503. The molecular weight excluding hydrogens is 252 g/mol. The lowest BCUT2D eigenvalue weighted by Gasteiger charge is -1.86. The third-order valence-corrected chi connectivity index (χ3v) is 1.71. The quantitative estimate of drug-likeness (QED) is 0.710. The van der Waals surface area contributed by atoms with E-state index in [4.69, 9.17) is 0 Å². The lowest BCUT2D eigenvalue weighted by atomic mass is 10.5.